The Labute approximate surface area is 95.3 Å². The zero-order valence-corrected chi connectivity index (χ0v) is 9.43. The van der Waals surface area contributed by atoms with E-state index in [4.69, 9.17) is 0 Å². The summed E-state index contributed by atoms with van der Waals surface area (Å²) in [6.07, 6.45) is 6.67. The average Bonchev–Trinajstić information content (AvgIpc) is 2.80. The quantitative estimate of drug-likeness (QED) is 0.832. The summed E-state index contributed by atoms with van der Waals surface area (Å²) in [7, 11) is 0. The molecule has 0 aromatic carbocycles. The lowest BCUT2D eigenvalue weighted by molar-refractivity contribution is 0.673. The van der Waals surface area contributed by atoms with E-state index in [0.717, 1.165) is 24.3 Å². The topological polar surface area (TPSA) is 42.7 Å². The molecule has 0 radical (unpaired) electrons. The fourth-order valence-electron chi connectivity index (χ4n) is 1.50. The van der Waals surface area contributed by atoms with Gasteiger partial charge in [0.15, 0.2) is 0 Å². The summed E-state index contributed by atoms with van der Waals surface area (Å²) in [5.74, 6) is 0. The van der Waals surface area contributed by atoms with Crippen molar-refractivity contribution < 1.29 is 0 Å². The lowest BCUT2D eigenvalue weighted by atomic mass is 10.3. The van der Waals surface area contributed by atoms with Crippen LogP contribution in [0.1, 0.15) is 19.0 Å². The van der Waals surface area contributed by atoms with Gasteiger partial charge in [-0.3, -0.25) is 9.67 Å². The summed E-state index contributed by atoms with van der Waals surface area (Å²) < 4.78 is 1.87. The number of nitrogens with one attached hydrogen (secondary N) is 1. The van der Waals surface area contributed by atoms with E-state index in [-0.39, 0.29) is 0 Å². The van der Waals surface area contributed by atoms with E-state index < -0.39 is 0 Å². The molecular formula is C12H16N4. The highest BCUT2D eigenvalue weighted by Gasteiger charge is 1.98. The molecule has 0 unspecified atom stereocenters. The van der Waals surface area contributed by atoms with Crippen LogP contribution in [-0.4, -0.2) is 21.3 Å². The first-order chi connectivity index (χ1) is 7.88. The van der Waals surface area contributed by atoms with Gasteiger partial charge in [-0.15, -0.1) is 0 Å². The first-order valence-corrected chi connectivity index (χ1v) is 5.54. The second-order valence-corrected chi connectivity index (χ2v) is 3.67. The normalized spacial score (nSPS) is 10.3. The Morgan fingerprint density at radius 3 is 3.06 bits per heavy atom. The summed E-state index contributed by atoms with van der Waals surface area (Å²) in [4.78, 5) is 4.32. The lowest BCUT2D eigenvalue weighted by Crippen LogP contribution is -2.04. The number of nitrogens with zero attached hydrogens (tertiary/aromatic N) is 3. The maximum absolute atomic E-state index is 4.32. The van der Waals surface area contributed by atoms with Gasteiger partial charge in [0.05, 0.1) is 12.2 Å². The molecule has 0 saturated carbocycles. The highest BCUT2D eigenvalue weighted by molar-refractivity contribution is 5.43. The van der Waals surface area contributed by atoms with Gasteiger partial charge in [-0.05, 0) is 24.6 Å². The molecule has 0 spiro atoms. The Hall–Kier alpha value is -1.84. The molecule has 0 aliphatic rings. The fourth-order valence-corrected chi connectivity index (χ4v) is 1.50. The van der Waals surface area contributed by atoms with Gasteiger partial charge >= 0.3 is 0 Å². The van der Waals surface area contributed by atoms with E-state index in [1.165, 1.54) is 0 Å². The average molecular weight is 216 g/mol. The van der Waals surface area contributed by atoms with Crippen LogP contribution < -0.4 is 5.32 Å². The number of pyridine rings is 1. The fraction of sp³-hybridized carbons (Fsp3) is 0.333. The molecule has 0 aliphatic carbocycles. The molecule has 84 valence electrons. The first-order valence-electron chi connectivity index (χ1n) is 5.54. The monoisotopic (exact) mass is 216 g/mol. The van der Waals surface area contributed by atoms with Crippen molar-refractivity contribution >= 4 is 5.69 Å². The van der Waals surface area contributed by atoms with Gasteiger partial charge in [-0.2, -0.15) is 5.10 Å². The van der Waals surface area contributed by atoms with Crippen LogP contribution in [0.15, 0.2) is 36.8 Å². The molecule has 2 aromatic heterocycles. The Bertz CT molecular complexity index is 422. The molecule has 2 heterocycles. The minimum absolute atomic E-state index is 0.717. The van der Waals surface area contributed by atoms with Crippen LogP contribution >= 0.6 is 0 Å². The summed E-state index contributed by atoms with van der Waals surface area (Å²) in [6.45, 7) is 3.86. The predicted molar refractivity (Wildman–Crippen MR) is 64.3 cm³/mol. The lowest BCUT2D eigenvalue weighted by Gasteiger charge is -2.06. The zero-order valence-electron chi connectivity index (χ0n) is 9.43. The van der Waals surface area contributed by atoms with E-state index in [0.29, 0.717) is 6.54 Å². The van der Waals surface area contributed by atoms with Gasteiger partial charge in [0.1, 0.15) is 0 Å². The van der Waals surface area contributed by atoms with Crippen LogP contribution in [0.2, 0.25) is 0 Å². The highest BCUT2D eigenvalue weighted by atomic mass is 15.3. The van der Waals surface area contributed by atoms with Crippen molar-refractivity contribution in [3.8, 4) is 0 Å². The van der Waals surface area contributed by atoms with Crippen LogP contribution in [0.3, 0.4) is 0 Å². The van der Waals surface area contributed by atoms with Crippen LogP contribution in [0.4, 0.5) is 5.69 Å². The standard InChI is InChI=1S/C12H16N4/c1-2-5-13-11-4-7-14-12(9-11)10-16-8-3-6-15-16/h3-4,6-9H,2,5,10H2,1H3,(H,13,14). The van der Waals surface area contributed by atoms with Gasteiger partial charge in [-0.25, -0.2) is 0 Å². The Balaban J connectivity index is 2.04. The van der Waals surface area contributed by atoms with Crippen molar-refractivity contribution in [2.24, 2.45) is 0 Å². The Kier molecular flexibility index (Phi) is 3.53. The molecule has 0 amide bonds. The molecule has 2 aromatic rings. The van der Waals surface area contributed by atoms with Gasteiger partial charge in [0, 0.05) is 30.8 Å². The number of aromatic nitrogens is 3. The first kappa shape index (κ1) is 10.7. The van der Waals surface area contributed by atoms with Gasteiger partial charge in [-0.1, -0.05) is 6.92 Å². The largest absolute Gasteiger partial charge is 0.385 e. The van der Waals surface area contributed by atoms with Gasteiger partial charge in [0.25, 0.3) is 0 Å². The van der Waals surface area contributed by atoms with E-state index in [1.807, 2.05) is 29.2 Å². The molecule has 2 rings (SSSR count). The van der Waals surface area contributed by atoms with Gasteiger partial charge < -0.3 is 5.32 Å². The molecule has 1 N–H and O–H groups in total. The number of rotatable bonds is 5. The third-order valence-electron chi connectivity index (χ3n) is 2.28. The van der Waals surface area contributed by atoms with Crippen molar-refractivity contribution in [2.75, 3.05) is 11.9 Å². The van der Waals surface area contributed by atoms with E-state index in [2.05, 4.69) is 28.4 Å². The molecule has 16 heavy (non-hydrogen) atoms. The van der Waals surface area contributed by atoms with Crippen LogP contribution in [0.5, 0.6) is 0 Å². The predicted octanol–water partition coefficient (Wildman–Crippen LogP) is 2.15. The smallest absolute Gasteiger partial charge is 0.0832 e. The minimum Gasteiger partial charge on any atom is -0.385 e. The van der Waals surface area contributed by atoms with Gasteiger partial charge in [0.2, 0.25) is 0 Å². The van der Waals surface area contributed by atoms with Crippen LogP contribution in [-0.2, 0) is 6.54 Å². The van der Waals surface area contributed by atoms with Crippen molar-refractivity contribution in [1.82, 2.24) is 14.8 Å². The molecule has 0 atom stereocenters. The maximum Gasteiger partial charge on any atom is 0.0832 e. The van der Waals surface area contributed by atoms with E-state index >= 15 is 0 Å². The van der Waals surface area contributed by atoms with Crippen molar-refractivity contribution in [3.05, 3.63) is 42.5 Å². The maximum atomic E-state index is 4.32. The molecule has 4 heteroatoms. The van der Waals surface area contributed by atoms with E-state index in [9.17, 15) is 0 Å². The van der Waals surface area contributed by atoms with Crippen molar-refractivity contribution in [1.29, 1.82) is 0 Å². The Morgan fingerprint density at radius 1 is 1.38 bits per heavy atom. The summed E-state index contributed by atoms with van der Waals surface area (Å²) >= 11 is 0. The molecule has 4 nitrogen and oxygen atoms in total. The highest BCUT2D eigenvalue weighted by Crippen LogP contribution is 2.08. The SMILES string of the molecule is CCCNc1ccnc(Cn2cccn2)c1. The second kappa shape index (κ2) is 5.30. The summed E-state index contributed by atoms with van der Waals surface area (Å²) in [5.41, 5.74) is 2.14. The second-order valence-electron chi connectivity index (χ2n) is 3.67. The van der Waals surface area contributed by atoms with Crippen LogP contribution in [0.25, 0.3) is 0 Å². The summed E-state index contributed by atoms with van der Waals surface area (Å²) in [5, 5.41) is 7.50. The number of anilines is 1. The molecular weight excluding hydrogens is 200 g/mol. The molecule has 0 aliphatic heterocycles. The zero-order chi connectivity index (χ0) is 11.2. The summed E-state index contributed by atoms with van der Waals surface area (Å²) in [6, 6.07) is 5.97. The Morgan fingerprint density at radius 2 is 2.31 bits per heavy atom. The number of hydrogen-bond acceptors (Lipinski definition) is 3. The van der Waals surface area contributed by atoms with Crippen molar-refractivity contribution in [2.45, 2.75) is 19.9 Å². The molecule has 0 saturated heterocycles. The van der Waals surface area contributed by atoms with Crippen LogP contribution in [0, 0.1) is 0 Å². The molecule has 0 fully saturated rings. The third kappa shape index (κ3) is 2.82. The minimum atomic E-state index is 0.717. The number of hydrogen-bond donors (Lipinski definition) is 1. The third-order valence-corrected chi connectivity index (χ3v) is 2.28. The van der Waals surface area contributed by atoms with Crippen molar-refractivity contribution in [3.63, 3.8) is 0 Å². The molecule has 0 bridgehead atoms. The van der Waals surface area contributed by atoms with E-state index in [1.54, 1.807) is 6.20 Å².